The van der Waals surface area contributed by atoms with E-state index in [1.54, 1.807) is 0 Å². The van der Waals surface area contributed by atoms with Crippen LogP contribution >= 0.6 is 0 Å². The van der Waals surface area contributed by atoms with E-state index in [1.165, 1.54) is 0 Å². The molecule has 0 amide bonds. The summed E-state index contributed by atoms with van der Waals surface area (Å²) in [5.74, 6) is -3.49. The van der Waals surface area contributed by atoms with E-state index in [9.17, 15) is 9.59 Å². The smallest absolute Gasteiger partial charge is 1.00 e. The first-order valence-corrected chi connectivity index (χ1v) is 7.77. The quantitative estimate of drug-likeness (QED) is 0.0993. The van der Waals surface area contributed by atoms with Crippen LogP contribution in [0, 0.1) is 0 Å². The number of aliphatic hydroxyl groups is 5. The Morgan fingerprint density at radius 2 is 1.34 bits per heavy atom. The minimum atomic E-state index is -2.20. The number of hydrogen-bond donors (Lipinski definition) is 10. The zero-order valence-electron chi connectivity index (χ0n) is 18.3. The summed E-state index contributed by atoms with van der Waals surface area (Å²) >= 11 is 0. The van der Waals surface area contributed by atoms with Crippen LogP contribution in [-0.4, -0.2) is 140 Å². The van der Waals surface area contributed by atoms with Crippen LogP contribution in [0.2, 0.25) is 0 Å². The van der Waals surface area contributed by atoms with Crippen molar-refractivity contribution in [1.82, 2.24) is 0 Å². The molecule has 0 spiro atoms. The molecule has 0 aromatic heterocycles. The number of carboxylic acids is 3. The fourth-order valence-corrected chi connectivity index (χ4v) is 1.30. The number of nitrogens with two attached hydrogens (primary N) is 2. The molecule has 12 N–H and O–H groups in total. The Bertz CT molecular complexity index is 441. The van der Waals surface area contributed by atoms with E-state index in [0.717, 1.165) is 19.8 Å². The second-order valence-electron chi connectivity index (χ2n) is 5.26. The van der Waals surface area contributed by atoms with Gasteiger partial charge in [0.15, 0.2) is 6.10 Å². The van der Waals surface area contributed by atoms with Crippen molar-refractivity contribution < 1.29 is 77.6 Å². The zero-order valence-corrected chi connectivity index (χ0v) is 21.5. The van der Waals surface area contributed by atoms with Gasteiger partial charge in [0.25, 0.3) is 5.97 Å². The Labute approximate surface area is 213 Å². The van der Waals surface area contributed by atoms with Crippen LogP contribution in [0.3, 0.4) is 0 Å². The van der Waals surface area contributed by atoms with Crippen molar-refractivity contribution in [2.24, 2.45) is 11.5 Å². The number of carboxylic acid groups (broad SMARTS) is 3. The Balaban J connectivity index is -0.0000000579. The number of carbonyl (C=O) groups is 3. The van der Waals surface area contributed by atoms with Crippen molar-refractivity contribution in [2.75, 3.05) is 13.2 Å². The number of hydrogen-bond acceptors (Lipinski definition) is 10. The predicted octanol–water partition coefficient (Wildman–Crippen LogP) is -4.03. The van der Waals surface area contributed by atoms with Gasteiger partial charge >= 0.3 is 49.7 Å². The molecule has 0 aromatic carbocycles. The Morgan fingerprint density at radius 1 is 0.931 bits per heavy atom. The molecule has 0 fully saturated rings. The van der Waals surface area contributed by atoms with Gasteiger partial charge in [-0.2, -0.15) is 0 Å². The SMILES string of the molecule is CC(=O)O.NCCCCC(N)C(=O)O.O=C(O)C(O)C(O)C(O)C(O)CO.[Ca+2].[H-].[H-].[Zn]. The summed E-state index contributed by atoms with van der Waals surface area (Å²) in [7, 11) is 0. The van der Waals surface area contributed by atoms with Gasteiger partial charge in [-0.3, -0.25) is 9.59 Å². The molecule has 0 aliphatic rings. The second kappa shape index (κ2) is 24.3. The molecule has 0 heterocycles. The molecular weight excluding hydrogens is 478 g/mol. The summed E-state index contributed by atoms with van der Waals surface area (Å²) < 4.78 is 0. The molecule has 5 atom stereocenters. The number of rotatable bonds is 10. The van der Waals surface area contributed by atoms with Gasteiger partial charge in [-0.05, 0) is 19.4 Å². The molecule has 15 heteroatoms. The van der Waals surface area contributed by atoms with Gasteiger partial charge in [0.2, 0.25) is 0 Å². The maximum Gasteiger partial charge on any atom is 2.00 e. The van der Waals surface area contributed by atoms with Crippen molar-refractivity contribution >= 4 is 55.6 Å². The van der Waals surface area contributed by atoms with Gasteiger partial charge in [-0.25, -0.2) is 4.79 Å². The molecule has 0 aromatic rings. The maximum absolute atomic E-state index is 10.1. The van der Waals surface area contributed by atoms with Crippen LogP contribution in [0.1, 0.15) is 29.0 Å². The van der Waals surface area contributed by atoms with E-state index in [1.807, 2.05) is 0 Å². The van der Waals surface area contributed by atoms with Crippen LogP contribution in [0.4, 0.5) is 0 Å². The largest absolute Gasteiger partial charge is 2.00 e. The van der Waals surface area contributed by atoms with E-state index in [4.69, 9.17) is 57.1 Å². The van der Waals surface area contributed by atoms with Gasteiger partial charge < -0.3 is 55.2 Å². The average Bonchev–Trinajstić information content (AvgIpc) is 2.58. The maximum atomic E-state index is 10.1. The van der Waals surface area contributed by atoms with Crippen LogP contribution in [-0.2, 0) is 33.9 Å². The molecule has 13 nitrogen and oxygen atoms in total. The van der Waals surface area contributed by atoms with Gasteiger partial charge in [0, 0.05) is 26.4 Å². The molecule has 0 radical (unpaired) electrons. The van der Waals surface area contributed by atoms with Crippen LogP contribution in [0.25, 0.3) is 0 Å². The fourth-order valence-electron chi connectivity index (χ4n) is 1.30. The minimum Gasteiger partial charge on any atom is -1.00 e. The summed E-state index contributed by atoms with van der Waals surface area (Å²) in [5.41, 5.74) is 10.4. The van der Waals surface area contributed by atoms with E-state index < -0.39 is 55.0 Å². The third-order valence-corrected chi connectivity index (χ3v) is 2.79. The van der Waals surface area contributed by atoms with Gasteiger partial charge in [-0.15, -0.1) is 0 Å². The summed E-state index contributed by atoms with van der Waals surface area (Å²) in [6, 6.07) is -0.716. The Kier molecular flexibility index (Phi) is 33.1. The number of aliphatic carboxylic acids is 3. The third-order valence-electron chi connectivity index (χ3n) is 2.79. The normalized spacial score (nSPS) is 14.5. The minimum absolute atomic E-state index is 0. The first kappa shape index (κ1) is 39.5. The van der Waals surface area contributed by atoms with E-state index in [0.29, 0.717) is 13.0 Å². The topological polar surface area (TPSA) is 265 Å². The summed E-state index contributed by atoms with van der Waals surface area (Å²) in [6.07, 6.45) is -5.67. The average molecular weight is 510 g/mol. The molecule has 0 saturated heterocycles. The Hall–Kier alpha value is 0.0131. The fraction of sp³-hybridized carbons (Fsp3) is 0.786. The van der Waals surface area contributed by atoms with Crippen LogP contribution in [0.15, 0.2) is 0 Å². The Morgan fingerprint density at radius 3 is 1.62 bits per heavy atom. The van der Waals surface area contributed by atoms with Gasteiger partial charge in [-0.1, -0.05) is 6.42 Å². The molecule has 0 saturated carbocycles. The molecule has 0 bridgehead atoms. The van der Waals surface area contributed by atoms with Gasteiger partial charge in [0.1, 0.15) is 24.4 Å². The first-order chi connectivity index (χ1) is 12.3. The van der Waals surface area contributed by atoms with Crippen molar-refractivity contribution in [3.05, 3.63) is 0 Å². The molecule has 5 unspecified atom stereocenters. The molecule has 168 valence electrons. The standard InChI is InChI=1S/C6H14N2O2.C6H12O7.C2H4O2.Ca.Zn.2H/c7-4-2-1-3-5(8)6(9)10;7-1-2(8)3(9)4(10)5(11)6(12)13;1-2(3)4;;;;/h5H,1-4,7-8H2,(H,9,10);2-5,7-11H,1H2,(H,12,13);1H3,(H,3,4);;;;/q;;;+2;;2*-1. The van der Waals surface area contributed by atoms with Crippen molar-refractivity contribution in [3.63, 3.8) is 0 Å². The van der Waals surface area contributed by atoms with E-state index >= 15 is 0 Å². The third kappa shape index (κ3) is 26.0. The molecule has 0 aliphatic heterocycles. The first-order valence-electron chi connectivity index (χ1n) is 7.77. The van der Waals surface area contributed by atoms with E-state index in [2.05, 4.69) is 0 Å². The monoisotopic (exact) mass is 508 g/mol. The van der Waals surface area contributed by atoms with Crippen molar-refractivity contribution in [2.45, 2.75) is 56.6 Å². The van der Waals surface area contributed by atoms with Crippen LogP contribution in [0.5, 0.6) is 0 Å². The molecular formula is C14H32CaN2O11Zn. The summed E-state index contributed by atoms with van der Waals surface area (Å²) in [6.45, 7) is 0.844. The number of unbranched alkanes of at least 4 members (excludes halogenated alkanes) is 1. The number of aliphatic hydroxyl groups excluding tert-OH is 5. The molecule has 0 aliphatic carbocycles. The van der Waals surface area contributed by atoms with E-state index in [-0.39, 0.29) is 60.1 Å². The van der Waals surface area contributed by atoms with Crippen molar-refractivity contribution in [3.8, 4) is 0 Å². The second-order valence-corrected chi connectivity index (χ2v) is 5.26. The van der Waals surface area contributed by atoms with Crippen molar-refractivity contribution in [1.29, 1.82) is 0 Å². The molecule has 0 rings (SSSR count). The van der Waals surface area contributed by atoms with Crippen LogP contribution < -0.4 is 11.5 Å². The summed E-state index contributed by atoms with van der Waals surface area (Å²) in [5, 5.41) is 67.6. The molecule has 29 heavy (non-hydrogen) atoms. The zero-order chi connectivity index (χ0) is 22.2. The summed E-state index contributed by atoms with van der Waals surface area (Å²) in [4.78, 5) is 29.2. The predicted molar refractivity (Wildman–Crippen MR) is 98.6 cm³/mol. The van der Waals surface area contributed by atoms with Gasteiger partial charge in [0.05, 0.1) is 6.61 Å².